The fraction of sp³-hybridized carbons (Fsp3) is 0.0476. The molecule has 0 saturated heterocycles. The van der Waals surface area contributed by atoms with E-state index in [2.05, 4.69) is 25.8 Å². The molecule has 0 aliphatic rings. The lowest BCUT2D eigenvalue weighted by molar-refractivity contribution is 0.102. The summed E-state index contributed by atoms with van der Waals surface area (Å²) in [6, 6.07) is 18.3. The van der Waals surface area contributed by atoms with E-state index in [9.17, 15) is 4.79 Å². The minimum atomic E-state index is -0.337. The molecular weight excluding hydrogens is 374 g/mol. The molecule has 0 radical (unpaired) electrons. The second-order valence-electron chi connectivity index (χ2n) is 6.22. The third-order valence-electron chi connectivity index (χ3n) is 4.23. The number of rotatable bonds is 4. The molecule has 4 aromatic rings. The predicted octanol–water partition coefficient (Wildman–Crippen LogP) is 4.98. The summed E-state index contributed by atoms with van der Waals surface area (Å²) in [4.78, 5) is 16.8. The van der Waals surface area contributed by atoms with Crippen molar-refractivity contribution in [3.05, 3.63) is 83.1 Å². The molecule has 0 bridgehead atoms. The number of aryl methyl sites for hydroxylation is 1. The molecule has 2 aromatic heterocycles. The van der Waals surface area contributed by atoms with Crippen LogP contribution in [0.2, 0.25) is 5.02 Å². The maximum absolute atomic E-state index is 12.4. The van der Waals surface area contributed by atoms with Gasteiger partial charge in [0.05, 0.1) is 11.2 Å². The van der Waals surface area contributed by atoms with Crippen molar-refractivity contribution in [3.63, 3.8) is 0 Å². The van der Waals surface area contributed by atoms with Crippen LogP contribution in [0.4, 0.5) is 17.2 Å². The van der Waals surface area contributed by atoms with Crippen LogP contribution in [-0.4, -0.2) is 21.1 Å². The molecule has 7 heteroatoms. The van der Waals surface area contributed by atoms with Gasteiger partial charge in [0, 0.05) is 22.3 Å². The summed E-state index contributed by atoms with van der Waals surface area (Å²) in [6.45, 7) is 1.87. The zero-order chi connectivity index (χ0) is 19.5. The van der Waals surface area contributed by atoms with Gasteiger partial charge in [-0.25, -0.2) is 0 Å². The molecule has 0 fully saturated rings. The summed E-state index contributed by atoms with van der Waals surface area (Å²) in [6.07, 6.45) is 1.74. The average Bonchev–Trinajstić information content (AvgIpc) is 2.71. The van der Waals surface area contributed by atoms with Crippen LogP contribution < -0.4 is 10.6 Å². The first-order valence-corrected chi connectivity index (χ1v) is 9.00. The van der Waals surface area contributed by atoms with Gasteiger partial charge in [0.15, 0.2) is 11.5 Å². The third kappa shape index (κ3) is 3.77. The number of nitrogens with zero attached hydrogens (tertiary/aromatic N) is 3. The van der Waals surface area contributed by atoms with Gasteiger partial charge in [-0.1, -0.05) is 29.8 Å². The first-order valence-electron chi connectivity index (χ1n) is 8.62. The lowest BCUT2D eigenvalue weighted by Gasteiger charge is -2.09. The number of fused-ring (bicyclic) bond motifs is 1. The van der Waals surface area contributed by atoms with Crippen LogP contribution in [0.15, 0.2) is 66.9 Å². The summed E-state index contributed by atoms with van der Waals surface area (Å²) in [5, 5.41) is 15.8. The van der Waals surface area contributed by atoms with Gasteiger partial charge in [0.25, 0.3) is 5.91 Å². The summed E-state index contributed by atoms with van der Waals surface area (Å²) >= 11 is 5.94. The number of anilines is 3. The molecule has 6 nitrogen and oxygen atoms in total. The molecular formula is C21H16ClN5O. The molecule has 4 rings (SSSR count). The molecule has 2 heterocycles. The maximum Gasteiger partial charge on any atom is 0.276 e. The molecule has 0 atom stereocenters. The molecule has 0 saturated carbocycles. The van der Waals surface area contributed by atoms with Crippen LogP contribution >= 0.6 is 11.6 Å². The molecule has 0 unspecified atom stereocenters. The van der Waals surface area contributed by atoms with E-state index >= 15 is 0 Å². The van der Waals surface area contributed by atoms with E-state index in [1.807, 2.05) is 37.3 Å². The molecule has 138 valence electrons. The van der Waals surface area contributed by atoms with Crippen LogP contribution in [0.1, 0.15) is 16.1 Å². The van der Waals surface area contributed by atoms with E-state index in [0.29, 0.717) is 16.5 Å². The number of nitrogens with one attached hydrogen (secondary N) is 2. The zero-order valence-electron chi connectivity index (χ0n) is 15.0. The number of pyridine rings is 1. The minimum absolute atomic E-state index is 0.218. The number of para-hydroxylation sites is 1. The van der Waals surface area contributed by atoms with Gasteiger partial charge in [-0.15, -0.1) is 10.2 Å². The molecule has 28 heavy (non-hydrogen) atoms. The standard InChI is InChI=1S/C21H16ClN5O/c1-13-12-15(22)7-8-16(13)25-21(28)18-9-10-19(27-26-18)24-17-6-2-4-14-5-3-11-23-20(14)17/h2-12H,1H3,(H,24,27)(H,25,28). The Morgan fingerprint density at radius 1 is 0.964 bits per heavy atom. The van der Waals surface area contributed by atoms with Crippen molar-refractivity contribution in [3.8, 4) is 0 Å². The van der Waals surface area contributed by atoms with E-state index in [1.165, 1.54) is 0 Å². The van der Waals surface area contributed by atoms with Crippen LogP contribution in [0.25, 0.3) is 10.9 Å². The maximum atomic E-state index is 12.4. The number of hydrogen-bond acceptors (Lipinski definition) is 5. The molecule has 0 aliphatic carbocycles. The fourth-order valence-electron chi connectivity index (χ4n) is 2.82. The van der Waals surface area contributed by atoms with Crippen molar-refractivity contribution >= 4 is 45.6 Å². The van der Waals surface area contributed by atoms with Crippen molar-refractivity contribution in [1.29, 1.82) is 0 Å². The number of aromatic nitrogens is 3. The quantitative estimate of drug-likeness (QED) is 0.514. The van der Waals surface area contributed by atoms with Crippen LogP contribution in [0, 0.1) is 6.92 Å². The Bertz CT molecular complexity index is 1160. The lowest BCUT2D eigenvalue weighted by Crippen LogP contribution is -2.15. The highest BCUT2D eigenvalue weighted by Crippen LogP contribution is 2.24. The predicted molar refractivity (Wildman–Crippen MR) is 111 cm³/mol. The number of hydrogen-bond donors (Lipinski definition) is 2. The Morgan fingerprint density at radius 2 is 1.82 bits per heavy atom. The molecule has 2 N–H and O–H groups in total. The summed E-state index contributed by atoms with van der Waals surface area (Å²) in [5.41, 5.74) is 3.43. The first-order chi connectivity index (χ1) is 13.6. The molecule has 2 aromatic carbocycles. The van der Waals surface area contributed by atoms with Crippen molar-refractivity contribution in [1.82, 2.24) is 15.2 Å². The third-order valence-corrected chi connectivity index (χ3v) is 4.46. The highest BCUT2D eigenvalue weighted by molar-refractivity contribution is 6.30. The second-order valence-corrected chi connectivity index (χ2v) is 6.66. The van der Waals surface area contributed by atoms with Gasteiger partial charge in [0.1, 0.15) is 0 Å². The number of carbonyl (C=O) groups excluding carboxylic acids is 1. The topological polar surface area (TPSA) is 79.8 Å². The van der Waals surface area contributed by atoms with Crippen LogP contribution in [-0.2, 0) is 0 Å². The highest BCUT2D eigenvalue weighted by atomic mass is 35.5. The Kier molecular flexibility index (Phi) is 4.87. The Labute approximate surface area is 166 Å². The van der Waals surface area contributed by atoms with Crippen molar-refractivity contribution in [2.45, 2.75) is 6.92 Å². The SMILES string of the molecule is Cc1cc(Cl)ccc1NC(=O)c1ccc(Nc2cccc3cccnc23)nn1. The van der Waals surface area contributed by atoms with Crippen LogP contribution in [0.5, 0.6) is 0 Å². The number of benzene rings is 2. The molecule has 1 amide bonds. The smallest absolute Gasteiger partial charge is 0.276 e. The second kappa shape index (κ2) is 7.62. The first kappa shape index (κ1) is 17.9. The normalized spacial score (nSPS) is 10.6. The van der Waals surface area contributed by atoms with Crippen molar-refractivity contribution < 1.29 is 4.79 Å². The number of carbonyl (C=O) groups is 1. The largest absolute Gasteiger partial charge is 0.337 e. The Morgan fingerprint density at radius 3 is 2.61 bits per heavy atom. The van der Waals surface area contributed by atoms with Gasteiger partial charge in [0.2, 0.25) is 0 Å². The Hall–Kier alpha value is -3.51. The van der Waals surface area contributed by atoms with Gasteiger partial charge in [-0.3, -0.25) is 9.78 Å². The van der Waals surface area contributed by atoms with E-state index in [1.54, 1.807) is 36.5 Å². The van der Waals surface area contributed by atoms with E-state index in [-0.39, 0.29) is 11.6 Å². The summed E-state index contributed by atoms with van der Waals surface area (Å²) in [5.74, 6) is 0.189. The van der Waals surface area contributed by atoms with Gasteiger partial charge in [-0.2, -0.15) is 0 Å². The van der Waals surface area contributed by atoms with E-state index < -0.39 is 0 Å². The number of halogens is 1. The molecule has 0 spiro atoms. The summed E-state index contributed by atoms with van der Waals surface area (Å²) in [7, 11) is 0. The Balaban J connectivity index is 1.51. The van der Waals surface area contributed by atoms with Crippen LogP contribution in [0.3, 0.4) is 0 Å². The highest BCUT2D eigenvalue weighted by Gasteiger charge is 2.11. The van der Waals surface area contributed by atoms with Gasteiger partial charge < -0.3 is 10.6 Å². The monoisotopic (exact) mass is 389 g/mol. The average molecular weight is 390 g/mol. The fourth-order valence-corrected chi connectivity index (χ4v) is 3.04. The van der Waals surface area contributed by atoms with Crippen molar-refractivity contribution in [2.75, 3.05) is 10.6 Å². The lowest BCUT2D eigenvalue weighted by atomic mass is 10.2. The minimum Gasteiger partial charge on any atom is -0.337 e. The summed E-state index contributed by atoms with van der Waals surface area (Å²) < 4.78 is 0. The zero-order valence-corrected chi connectivity index (χ0v) is 15.7. The van der Waals surface area contributed by atoms with E-state index in [0.717, 1.165) is 22.2 Å². The molecule has 0 aliphatic heterocycles. The number of amides is 1. The van der Waals surface area contributed by atoms with Gasteiger partial charge in [-0.05, 0) is 55.0 Å². The van der Waals surface area contributed by atoms with Gasteiger partial charge >= 0.3 is 0 Å². The van der Waals surface area contributed by atoms with Crippen molar-refractivity contribution in [2.24, 2.45) is 0 Å². The van der Waals surface area contributed by atoms with E-state index in [4.69, 9.17) is 11.6 Å².